The molecule has 0 saturated carbocycles. The molecule has 1 amide bonds. The topological polar surface area (TPSA) is 77.8 Å². The molecule has 3 atom stereocenters. The van der Waals surface area contributed by atoms with E-state index in [1.54, 1.807) is 37.3 Å². The highest BCUT2D eigenvalue weighted by molar-refractivity contribution is 5.87. The summed E-state index contributed by atoms with van der Waals surface area (Å²) < 4.78 is 0. The number of hydrogen-bond donors (Lipinski definition) is 2. The van der Waals surface area contributed by atoms with Crippen LogP contribution in [0.1, 0.15) is 62.9 Å². The third kappa shape index (κ3) is 7.75. The van der Waals surface area contributed by atoms with Gasteiger partial charge in [0.05, 0.1) is 17.7 Å². The van der Waals surface area contributed by atoms with Crippen LogP contribution in [-0.2, 0) is 11.2 Å². The van der Waals surface area contributed by atoms with Crippen molar-refractivity contribution in [3.63, 3.8) is 0 Å². The molecule has 1 saturated heterocycles. The Bertz CT molecular complexity index is 742. The SMILES string of the molecule is CC.CC#CCC(C)C(O)/C=C/C1CCC(=O)N1CCc1ccc(C(=O)O)cc1. The maximum absolute atomic E-state index is 12.2. The molecule has 158 valence electrons. The molecule has 1 aromatic carbocycles. The van der Waals surface area contributed by atoms with Gasteiger partial charge in [0.25, 0.3) is 0 Å². The number of hydrogen-bond acceptors (Lipinski definition) is 3. The maximum atomic E-state index is 12.2. The third-order valence-electron chi connectivity index (χ3n) is 4.93. The summed E-state index contributed by atoms with van der Waals surface area (Å²) in [4.78, 5) is 25.0. The number of likely N-dealkylation sites (tertiary alicyclic amines) is 1. The lowest BCUT2D eigenvalue weighted by Crippen LogP contribution is -2.34. The van der Waals surface area contributed by atoms with E-state index in [-0.39, 0.29) is 23.4 Å². The molecule has 2 N–H and O–H groups in total. The van der Waals surface area contributed by atoms with E-state index in [0.717, 1.165) is 12.0 Å². The fourth-order valence-electron chi connectivity index (χ4n) is 3.13. The van der Waals surface area contributed by atoms with E-state index in [1.807, 2.05) is 31.7 Å². The van der Waals surface area contributed by atoms with Crippen LogP contribution in [-0.4, -0.2) is 45.7 Å². The van der Waals surface area contributed by atoms with E-state index in [9.17, 15) is 14.7 Å². The summed E-state index contributed by atoms with van der Waals surface area (Å²) in [7, 11) is 0. The smallest absolute Gasteiger partial charge is 0.335 e. The molecule has 5 heteroatoms. The lowest BCUT2D eigenvalue weighted by atomic mass is 10.00. The number of nitrogens with zero attached hydrogens (tertiary/aromatic N) is 1. The first kappa shape index (κ1) is 24.5. The number of amides is 1. The van der Waals surface area contributed by atoms with Gasteiger partial charge in [0, 0.05) is 19.4 Å². The molecule has 1 aromatic rings. The first-order chi connectivity index (χ1) is 13.9. The molecule has 1 aliphatic heterocycles. The first-order valence-corrected chi connectivity index (χ1v) is 10.3. The van der Waals surface area contributed by atoms with Crippen LogP contribution in [0.4, 0.5) is 0 Å². The van der Waals surface area contributed by atoms with Gasteiger partial charge in [-0.1, -0.05) is 45.1 Å². The summed E-state index contributed by atoms with van der Waals surface area (Å²) >= 11 is 0. The average Bonchev–Trinajstić information content (AvgIpc) is 3.09. The van der Waals surface area contributed by atoms with Gasteiger partial charge in [-0.3, -0.25) is 4.79 Å². The van der Waals surface area contributed by atoms with E-state index in [1.165, 1.54) is 0 Å². The fourth-order valence-corrected chi connectivity index (χ4v) is 3.13. The third-order valence-corrected chi connectivity index (χ3v) is 4.93. The first-order valence-electron chi connectivity index (χ1n) is 10.3. The number of aliphatic hydroxyl groups is 1. The molecule has 1 fully saturated rings. The van der Waals surface area contributed by atoms with Crippen molar-refractivity contribution in [1.82, 2.24) is 4.90 Å². The summed E-state index contributed by atoms with van der Waals surface area (Å²) in [5.41, 5.74) is 1.25. The summed E-state index contributed by atoms with van der Waals surface area (Å²) in [5, 5.41) is 19.2. The minimum atomic E-state index is -0.945. The largest absolute Gasteiger partial charge is 0.478 e. The monoisotopic (exact) mass is 399 g/mol. The minimum absolute atomic E-state index is 0.00472. The summed E-state index contributed by atoms with van der Waals surface area (Å²) in [5.74, 6) is 5.03. The van der Waals surface area contributed by atoms with Crippen LogP contribution in [0, 0.1) is 17.8 Å². The number of carboxylic acids is 1. The van der Waals surface area contributed by atoms with Crippen molar-refractivity contribution < 1.29 is 19.8 Å². The van der Waals surface area contributed by atoms with Gasteiger partial charge in [-0.25, -0.2) is 4.79 Å². The standard InChI is InChI=1S/C22H27NO4.C2H6/c1-3-4-5-16(2)20(24)12-10-19-11-13-21(25)23(19)15-14-17-6-8-18(9-7-17)22(26)27;1-2/h6-10,12,16,19-20,24H,5,11,13-15H2,1-2H3,(H,26,27);1-2H3/b12-10+;. The second-order valence-corrected chi connectivity index (χ2v) is 6.93. The molecule has 29 heavy (non-hydrogen) atoms. The highest BCUT2D eigenvalue weighted by Gasteiger charge is 2.28. The molecular formula is C24H33NO4. The fraction of sp³-hybridized carbons (Fsp3) is 0.500. The Labute approximate surface area is 174 Å². The van der Waals surface area contributed by atoms with Crippen LogP contribution in [0.25, 0.3) is 0 Å². The van der Waals surface area contributed by atoms with Gasteiger partial charge in [0.15, 0.2) is 0 Å². The average molecular weight is 400 g/mol. The van der Waals surface area contributed by atoms with Crippen LogP contribution in [0.2, 0.25) is 0 Å². The van der Waals surface area contributed by atoms with Gasteiger partial charge >= 0.3 is 5.97 Å². The van der Waals surface area contributed by atoms with Crippen LogP contribution < -0.4 is 0 Å². The molecule has 3 unspecified atom stereocenters. The number of carboxylic acid groups (broad SMARTS) is 1. The van der Waals surface area contributed by atoms with E-state index in [2.05, 4.69) is 11.8 Å². The maximum Gasteiger partial charge on any atom is 0.335 e. The highest BCUT2D eigenvalue weighted by Crippen LogP contribution is 2.21. The second-order valence-electron chi connectivity index (χ2n) is 6.93. The second kappa shape index (κ2) is 12.8. The number of rotatable bonds is 8. The lowest BCUT2D eigenvalue weighted by molar-refractivity contribution is -0.128. The number of carbonyl (C=O) groups is 2. The summed E-state index contributed by atoms with van der Waals surface area (Å²) in [6, 6.07) is 6.73. The Balaban J connectivity index is 0.00000204. The summed E-state index contributed by atoms with van der Waals surface area (Å²) in [6.45, 7) is 8.32. The number of carbonyl (C=O) groups excluding carboxylic acids is 1. The predicted octanol–water partition coefficient (Wildman–Crippen LogP) is 3.91. The predicted molar refractivity (Wildman–Crippen MR) is 116 cm³/mol. The molecule has 2 rings (SSSR count). The van der Waals surface area contributed by atoms with Gasteiger partial charge in [-0.2, -0.15) is 0 Å². The molecule has 0 aromatic heterocycles. The summed E-state index contributed by atoms with van der Waals surface area (Å²) in [6.07, 6.45) is 5.71. The highest BCUT2D eigenvalue weighted by atomic mass is 16.4. The van der Waals surface area contributed by atoms with Crippen LogP contribution in [0.3, 0.4) is 0 Å². The molecule has 1 aliphatic rings. The molecule has 5 nitrogen and oxygen atoms in total. The van der Waals surface area contributed by atoms with Crippen molar-refractivity contribution in [2.45, 2.75) is 65.5 Å². The van der Waals surface area contributed by atoms with E-state index < -0.39 is 12.1 Å². The van der Waals surface area contributed by atoms with Gasteiger partial charge < -0.3 is 15.1 Å². The van der Waals surface area contributed by atoms with Crippen molar-refractivity contribution >= 4 is 11.9 Å². The van der Waals surface area contributed by atoms with Crippen molar-refractivity contribution in [1.29, 1.82) is 0 Å². The van der Waals surface area contributed by atoms with Crippen LogP contribution in [0.5, 0.6) is 0 Å². The molecule has 0 spiro atoms. The molecule has 0 aliphatic carbocycles. The zero-order valence-corrected chi connectivity index (χ0v) is 17.9. The lowest BCUT2D eigenvalue weighted by Gasteiger charge is -2.23. The van der Waals surface area contributed by atoms with Crippen molar-refractivity contribution in [2.75, 3.05) is 6.54 Å². The van der Waals surface area contributed by atoms with Gasteiger partial charge in [-0.05, 0) is 43.4 Å². The van der Waals surface area contributed by atoms with Crippen molar-refractivity contribution in [3.05, 3.63) is 47.5 Å². The molecule has 0 bridgehead atoms. The Morgan fingerprint density at radius 3 is 2.55 bits per heavy atom. The Morgan fingerprint density at radius 2 is 1.97 bits per heavy atom. The molecule has 1 heterocycles. The van der Waals surface area contributed by atoms with E-state index in [4.69, 9.17) is 5.11 Å². The number of benzene rings is 1. The van der Waals surface area contributed by atoms with Gasteiger partial charge in [0.1, 0.15) is 0 Å². The van der Waals surface area contributed by atoms with Crippen LogP contribution >= 0.6 is 0 Å². The molecular weight excluding hydrogens is 366 g/mol. The Hall–Kier alpha value is -2.58. The van der Waals surface area contributed by atoms with E-state index in [0.29, 0.717) is 25.8 Å². The quantitative estimate of drug-likeness (QED) is 0.513. The number of aliphatic hydroxyl groups excluding tert-OH is 1. The minimum Gasteiger partial charge on any atom is -0.478 e. The zero-order valence-electron chi connectivity index (χ0n) is 17.9. The zero-order chi connectivity index (χ0) is 21.8. The van der Waals surface area contributed by atoms with Crippen LogP contribution in [0.15, 0.2) is 36.4 Å². The van der Waals surface area contributed by atoms with Gasteiger partial charge in [-0.15, -0.1) is 11.8 Å². The van der Waals surface area contributed by atoms with Gasteiger partial charge in [0.2, 0.25) is 5.91 Å². The van der Waals surface area contributed by atoms with Crippen molar-refractivity contribution in [3.8, 4) is 11.8 Å². The Kier molecular flexibility index (Phi) is 10.8. The normalized spacial score (nSPS) is 17.9. The molecule has 0 radical (unpaired) electrons. The number of aromatic carboxylic acids is 1. The van der Waals surface area contributed by atoms with E-state index >= 15 is 0 Å². The Morgan fingerprint density at radius 1 is 1.31 bits per heavy atom. The van der Waals surface area contributed by atoms with Crippen molar-refractivity contribution in [2.24, 2.45) is 5.92 Å².